The van der Waals surface area contributed by atoms with Crippen molar-refractivity contribution in [3.63, 3.8) is 0 Å². The maximum absolute atomic E-state index is 13.4. The van der Waals surface area contributed by atoms with Crippen LogP contribution in [0.5, 0.6) is 0 Å². The summed E-state index contributed by atoms with van der Waals surface area (Å²) in [6, 6.07) is 13.9. The Balaban J connectivity index is 1.38. The summed E-state index contributed by atoms with van der Waals surface area (Å²) < 4.78 is 20.7. The van der Waals surface area contributed by atoms with Crippen LogP contribution in [0.3, 0.4) is 0 Å². The van der Waals surface area contributed by atoms with E-state index in [4.69, 9.17) is 4.74 Å². The molecule has 1 aliphatic heterocycles. The van der Waals surface area contributed by atoms with E-state index < -0.39 is 0 Å². The van der Waals surface area contributed by atoms with Gasteiger partial charge in [0.1, 0.15) is 11.5 Å². The van der Waals surface area contributed by atoms with Crippen LogP contribution < -0.4 is 10.6 Å². The van der Waals surface area contributed by atoms with Crippen molar-refractivity contribution in [3.8, 4) is 0 Å². The van der Waals surface area contributed by atoms with Gasteiger partial charge in [-0.1, -0.05) is 12.1 Å². The minimum absolute atomic E-state index is 0.0474. The van der Waals surface area contributed by atoms with Gasteiger partial charge in [0.15, 0.2) is 0 Å². The lowest BCUT2D eigenvalue weighted by molar-refractivity contribution is -0.117. The van der Waals surface area contributed by atoms with Gasteiger partial charge in [0, 0.05) is 55.2 Å². The number of carbonyl (C=O) groups excluding carboxylic acids is 2. The van der Waals surface area contributed by atoms with Gasteiger partial charge in [0.25, 0.3) is 5.91 Å². The molecule has 2 fully saturated rings. The fourth-order valence-corrected chi connectivity index (χ4v) is 4.31. The molecule has 1 aromatic heterocycles. The lowest BCUT2D eigenvalue weighted by Crippen LogP contribution is -2.41. The van der Waals surface area contributed by atoms with Crippen LogP contribution in [-0.4, -0.2) is 60.7 Å². The van der Waals surface area contributed by atoms with Crippen molar-refractivity contribution < 1.29 is 18.7 Å². The summed E-state index contributed by atoms with van der Waals surface area (Å²) >= 11 is 0. The molecule has 7 nitrogen and oxygen atoms in total. The first kappa shape index (κ1) is 22.6. The van der Waals surface area contributed by atoms with Crippen LogP contribution in [0.15, 0.2) is 48.5 Å². The van der Waals surface area contributed by atoms with E-state index in [-0.39, 0.29) is 23.5 Å². The second-order valence-electron chi connectivity index (χ2n) is 8.99. The Kier molecular flexibility index (Phi) is 6.60. The molecule has 2 N–H and O–H groups in total. The second kappa shape index (κ2) is 9.95. The number of benzene rings is 2. The molecule has 1 saturated carbocycles. The van der Waals surface area contributed by atoms with Crippen molar-refractivity contribution in [1.29, 1.82) is 0 Å². The van der Waals surface area contributed by atoms with Crippen LogP contribution in [0.4, 0.5) is 10.1 Å². The highest BCUT2D eigenvalue weighted by atomic mass is 19.1. The molecule has 8 heteroatoms. The van der Waals surface area contributed by atoms with Crippen LogP contribution in [0.1, 0.15) is 28.9 Å². The molecule has 1 aliphatic carbocycles. The molecular formula is C26H29FN4O3. The quantitative estimate of drug-likeness (QED) is 0.537. The van der Waals surface area contributed by atoms with Gasteiger partial charge in [-0.3, -0.25) is 14.5 Å². The molecule has 5 rings (SSSR count). The Morgan fingerprint density at radius 1 is 1.03 bits per heavy atom. The molecule has 0 spiro atoms. The van der Waals surface area contributed by atoms with Gasteiger partial charge < -0.3 is 19.9 Å². The smallest absolute Gasteiger partial charge is 0.267 e. The van der Waals surface area contributed by atoms with Crippen LogP contribution in [0, 0.1) is 11.7 Å². The molecule has 0 unspecified atom stereocenters. The number of carbonyl (C=O) groups is 2. The summed E-state index contributed by atoms with van der Waals surface area (Å²) in [7, 11) is 0. The molecule has 34 heavy (non-hydrogen) atoms. The number of nitrogens with zero attached hydrogens (tertiary/aromatic N) is 2. The van der Waals surface area contributed by atoms with Crippen molar-refractivity contribution in [1.82, 2.24) is 14.8 Å². The molecule has 2 heterocycles. The van der Waals surface area contributed by atoms with Gasteiger partial charge in [-0.15, -0.1) is 0 Å². The first-order valence-corrected chi connectivity index (χ1v) is 11.8. The molecule has 0 atom stereocenters. The summed E-state index contributed by atoms with van der Waals surface area (Å²) in [5, 5.41) is 6.88. The molecule has 1 saturated heterocycles. The summed E-state index contributed by atoms with van der Waals surface area (Å²) in [4.78, 5) is 27.6. The first-order valence-electron chi connectivity index (χ1n) is 11.8. The normalized spacial score (nSPS) is 16.5. The van der Waals surface area contributed by atoms with Crippen LogP contribution in [-0.2, 0) is 16.1 Å². The maximum atomic E-state index is 13.4. The van der Waals surface area contributed by atoms with E-state index in [2.05, 4.69) is 15.5 Å². The molecule has 0 bridgehead atoms. The molecule has 2 aliphatic rings. The van der Waals surface area contributed by atoms with Crippen molar-refractivity contribution in [2.24, 2.45) is 5.92 Å². The standard InChI is InChI=1S/C26H29FN4O3/c27-21-5-1-18(2-6-21)17-31-23-8-7-22(29-25(32)19-3-4-19)15-20(23)16-24(31)26(33)28-9-10-30-11-13-34-14-12-30/h1-2,5-8,15-16,19H,3-4,9-14,17H2,(H,28,33)(H,29,32). The lowest BCUT2D eigenvalue weighted by atomic mass is 10.2. The average molecular weight is 465 g/mol. The average Bonchev–Trinajstić information content (AvgIpc) is 3.64. The van der Waals surface area contributed by atoms with Gasteiger partial charge in [-0.25, -0.2) is 4.39 Å². The van der Waals surface area contributed by atoms with E-state index in [1.54, 1.807) is 12.1 Å². The highest BCUT2D eigenvalue weighted by Gasteiger charge is 2.29. The Morgan fingerprint density at radius 3 is 2.53 bits per heavy atom. The number of rotatable bonds is 8. The molecular weight excluding hydrogens is 435 g/mol. The van der Waals surface area contributed by atoms with Gasteiger partial charge in [0.05, 0.1) is 13.2 Å². The van der Waals surface area contributed by atoms with Crippen molar-refractivity contribution in [2.45, 2.75) is 19.4 Å². The summed E-state index contributed by atoms with van der Waals surface area (Å²) in [5.74, 6) is -0.286. The number of nitrogens with one attached hydrogen (secondary N) is 2. The predicted octanol–water partition coefficient (Wildman–Crippen LogP) is 3.24. The first-order chi connectivity index (χ1) is 16.6. The zero-order valence-electron chi connectivity index (χ0n) is 19.1. The van der Waals surface area contributed by atoms with Gasteiger partial charge in [0.2, 0.25) is 5.91 Å². The number of morpholine rings is 1. The highest BCUT2D eigenvalue weighted by molar-refractivity contribution is 6.01. The zero-order valence-corrected chi connectivity index (χ0v) is 19.1. The molecule has 178 valence electrons. The number of hydrogen-bond acceptors (Lipinski definition) is 4. The van der Waals surface area contributed by atoms with Gasteiger partial charge in [-0.05, 0) is 54.8 Å². The van der Waals surface area contributed by atoms with E-state index in [1.807, 2.05) is 28.8 Å². The SMILES string of the molecule is O=C(NCCN1CCOCC1)c1cc2cc(NC(=O)C3CC3)ccc2n1Cc1ccc(F)cc1. The Hall–Kier alpha value is -3.23. The van der Waals surface area contributed by atoms with Crippen LogP contribution in [0.2, 0.25) is 0 Å². The number of halogens is 1. The number of aromatic nitrogens is 1. The molecule has 0 radical (unpaired) electrons. The van der Waals surface area contributed by atoms with E-state index >= 15 is 0 Å². The Bertz CT molecular complexity index is 1180. The topological polar surface area (TPSA) is 75.6 Å². The number of hydrogen-bond donors (Lipinski definition) is 2. The fraction of sp³-hybridized carbons (Fsp3) is 0.385. The zero-order chi connectivity index (χ0) is 23.5. The van der Waals surface area contributed by atoms with E-state index in [0.717, 1.165) is 67.8 Å². The lowest BCUT2D eigenvalue weighted by Gasteiger charge is -2.26. The monoisotopic (exact) mass is 464 g/mol. The highest BCUT2D eigenvalue weighted by Crippen LogP contribution is 2.31. The number of anilines is 1. The van der Waals surface area contributed by atoms with Gasteiger partial charge in [-0.2, -0.15) is 0 Å². The molecule has 2 amide bonds. The molecule has 2 aromatic carbocycles. The summed E-state index contributed by atoms with van der Waals surface area (Å²) in [6.45, 7) is 4.93. The fourth-order valence-electron chi connectivity index (χ4n) is 4.31. The third kappa shape index (κ3) is 5.29. The summed E-state index contributed by atoms with van der Waals surface area (Å²) in [5.41, 5.74) is 3.04. The van der Waals surface area contributed by atoms with Crippen molar-refractivity contribution >= 4 is 28.4 Å². The van der Waals surface area contributed by atoms with E-state index in [0.29, 0.717) is 18.8 Å². The number of fused-ring (bicyclic) bond motifs is 1. The van der Waals surface area contributed by atoms with Crippen LogP contribution in [0.25, 0.3) is 10.9 Å². The van der Waals surface area contributed by atoms with Crippen molar-refractivity contribution in [2.75, 3.05) is 44.7 Å². The number of amides is 2. The summed E-state index contributed by atoms with van der Waals surface area (Å²) in [6.07, 6.45) is 1.88. The largest absolute Gasteiger partial charge is 0.379 e. The van der Waals surface area contributed by atoms with E-state index in [9.17, 15) is 14.0 Å². The molecule has 3 aromatic rings. The predicted molar refractivity (Wildman–Crippen MR) is 128 cm³/mol. The minimum Gasteiger partial charge on any atom is -0.379 e. The Labute approximate surface area is 197 Å². The minimum atomic E-state index is -0.293. The maximum Gasteiger partial charge on any atom is 0.267 e. The van der Waals surface area contributed by atoms with Crippen molar-refractivity contribution in [3.05, 3.63) is 65.6 Å². The second-order valence-corrected chi connectivity index (χ2v) is 8.99. The van der Waals surface area contributed by atoms with Gasteiger partial charge >= 0.3 is 0 Å². The number of ether oxygens (including phenoxy) is 1. The van der Waals surface area contributed by atoms with E-state index in [1.165, 1.54) is 12.1 Å². The van der Waals surface area contributed by atoms with Crippen LogP contribution >= 0.6 is 0 Å². The third-order valence-electron chi connectivity index (χ3n) is 6.42. The Morgan fingerprint density at radius 2 is 1.79 bits per heavy atom. The third-order valence-corrected chi connectivity index (χ3v) is 6.42.